The number of hydrogen-bond acceptors (Lipinski definition) is 3. The molecule has 0 spiro atoms. The number of methoxy groups -OCH3 is 1. The molecule has 2 rings (SSSR count). The normalized spacial score (nSPS) is 10.2. The summed E-state index contributed by atoms with van der Waals surface area (Å²) in [5.74, 6) is -0.351. The Morgan fingerprint density at radius 2 is 1.85 bits per heavy atom. The van der Waals surface area contributed by atoms with E-state index in [1.807, 2.05) is 0 Å². The summed E-state index contributed by atoms with van der Waals surface area (Å²) >= 11 is 11.7. The summed E-state index contributed by atoms with van der Waals surface area (Å²) in [6, 6.07) is 5.80. The molecule has 0 bridgehead atoms. The maximum atomic E-state index is 12.0. The number of halogens is 2. The van der Waals surface area contributed by atoms with Crippen molar-refractivity contribution in [1.82, 2.24) is 4.98 Å². The first-order chi connectivity index (χ1) is 9.49. The third kappa shape index (κ3) is 3.31. The quantitative estimate of drug-likeness (QED) is 0.915. The van der Waals surface area contributed by atoms with Crippen molar-refractivity contribution in [2.24, 2.45) is 0 Å². The number of amides is 1. The summed E-state index contributed by atoms with van der Waals surface area (Å²) in [6.07, 6.45) is 1.32. The van der Waals surface area contributed by atoms with Crippen LogP contribution in [0.1, 0.15) is 10.5 Å². The first-order valence-electron chi connectivity index (χ1n) is 5.54. The Kier molecular flexibility index (Phi) is 4.32. The van der Waals surface area contributed by atoms with Crippen molar-refractivity contribution in [1.29, 1.82) is 0 Å². The molecular weight excluding hydrogens is 303 g/mol. The Labute approximate surface area is 124 Å². The van der Waals surface area contributed by atoms with Crippen molar-refractivity contribution in [2.75, 3.05) is 12.4 Å². The molecule has 0 saturated carbocycles. The summed E-state index contributed by atoms with van der Waals surface area (Å²) in [5, 5.41) is 3.38. The lowest BCUT2D eigenvalue weighted by molar-refractivity contribution is 0.102. The number of H-pyrrole nitrogens is 1. The van der Waals surface area contributed by atoms with Crippen molar-refractivity contribution in [3.8, 4) is 5.75 Å². The van der Waals surface area contributed by atoms with E-state index in [9.17, 15) is 9.59 Å². The molecule has 0 unspecified atom stereocenters. The SMILES string of the molecule is COc1c[nH]c(C(=O)Nc2cc(Cl)cc(Cl)c2)cc1=O. The molecule has 2 aromatic rings. The molecule has 104 valence electrons. The second-order valence-corrected chi connectivity index (χ2v) is 4.76. The van der Waals surface area contributed by atoms with E-state index in [0.29, 0.717) is 15.7 Å². The molecule has 0 aliphatic rings. The van der Waals surface area contributed by atoms with E-state index in [1.54, 1.807) is 18.2 Å². The van der Waals surface area contributed by atoms with E-state index in [1.165, 1.54) is 13.3 Å². The molecule has 5 nitrogen and oxygen atoms in total. The fourth-order valence-corrected chi connectivity index (χ4v) is 2.10. The molecule has 2 N–H and O–H groups in total. The number of nitrogens with one attached hydrogen (secondary N) is 2. The first-order valence-corrected chi connectivity index (χ1v) is 6.29. The molecule has 20 heavy (non-hydrogen) atoms. The third-order valence-electron chi connectivity index (χ3n) is 2.46. The minimum Gasteiger partial charge on any atom is -0.491 e. The van der Waals surface area contributed by atoms with Crippen LogP contribution < -0.4 is 15.5 Å². The lowest BCUT2D eigenvalue weighted by Crippen LogP contribution is -2.17. The topological polar surface area (TPSA) is 71.2 Å². The molecule has 0 radical (unpaired) electrons. The molecule has 0 atom stereocenters. The Balaban J connectivity index is 2.24. The predicted molar refractivity (Wildman–Crippen MR) is 78.0 cm³/mol. The van der Waals surface area contributed by atoms with Crippen LogP contribution in [0.3, 0.4) is 0 Å². The summed E-state index contributed by atoms with van der Waals surface area (Å²) in [6.45, 7) is 0. The lowest BCUT2D eigenvalue weighted by atomic mass is 10.3. The van der Waals surface area contributed by atoms with Gasteiger partial charge in [-0.2, -0.15) is 0 Å². The van der Waals surface area contributed by atoms with Gasteiger partial charge in [-0.25, -0.2) is 0 Å². The molecule has 0 fully saturated rings. The standard InChI is InChI=1S/C13H10Cl2N2O3/c1-20-12-6-16-10(5-11(12)18)13(19)17-9-3-7(14)2-8(15)4-9/h2-6H,1H3,(H,16,18)(H,17,19). The van der Waals surface area contributed by atoms with Crippen LogP contribution in [0.2, 0.25) is 10.0 Å². The van der Waals surface area contributed by atoms with Crippen molar-refractivity contribution in [3.63, 3.8) is 0 Å². The third-order valence-corrected chi connectivity index (χ3v) is 2.90. The first kappa shape index (κ1) is 14.4. The van der Waals surface area contributed by atoms with Gasteiger partial charge in [0.2, 0.25) is 5.43 Å². The molecule has 1 heterocycles. The number of hydrogen-bond donors (Lipinski definition) is 2. The Morgan fingerprint density at radius 3 is 2.40 bits per heavy atom. The van der Waals surface area contributed by atoms with Gasteiger partial charge in [-0.3, -0.25) is 9.59 Å². The van der Waals surface area contributed by atoms with Crippen molar-refractivity contribution >= 4 is 34.8 Å². The van der Waals surface area contributed by atoms with Crippen LogP contribution in [-0.2, 0) is 0 Å². The highest BCUT2D eigenvalue weighted by atomic mass is 35.5. The van der Waals surface area contributed by atoms with Crippen LogP contribution in [0.25, 0.3) is 0 Å². The number of pyridine rings is 1. The smallest absolute Gasteiger partial charge is 0.272 e. The number of carbonyl (C=O) groups is 1. The highest BCUT2D eigenvalue weighted by Crippen LogP contribution is 2.22. The van der Waals surface area contributed by atoms with Gasteiger partial charge in [0, 0.05) is 28.0 Å². The van der Waals surface area contributed by atoms with E-state index in [-0.39, 0.29) is 16.9 Å². The largest absolute Gasteiger partial charge is 0.491 e. The van der Waals surface area contributed by atoms with Gasteiger partial charge < -0.3 is 15.0 Å². The average Bonchev–Trinajstić information content (AvgIpc) is 2.37. The van der Waals surface area contributed by atoms with Gasteiger partial charge in [-0.15, -0.1) is 0 Å². The van der Waals surface area contributed by atoms with Gasteiger partial charge in [0.1, 0.15) is 5.69 Å². The van der Waals surface area contributed by atoms with Gasteiger partial charge in [-0.1, -0.05) is 23.2 Å². The van der Waals surface area contributed by atoms with E-state index >= 15 is 0 Å². The second kappa shape index (κ2) is 5.98. The fourth-order valence-electron chi connectivity index (χ4n) is 1.57. The van der Waals surface area contributed by atoms with Crippen LogP contribution in [0.15, 0.2) is 35.3 Å². The van der Waals surface area contributed by atoms with E-state index < -0.39 is 5.91 Å². The van der Waals surface area contributed by atoms with Crippen LogP contribution in [0.4, 0.5) is 5.69 Å². The van der Waals surface area contributed by atoms with Gasteiger partial charge >= 0.3 is 0 Å². The Hall–Kier alpha value is -1.98. The second-order valence-electron chi connectivity index (χ2n) is 3.89. The molecule has 1 aromatic carbocycles. The van der Waals surface area contributed by atoms with Gasteiger partial charge in [-0.05, 0) is 18.2 Å². The van der Waals surface area contributed by atoms with Gasteiger partial charge in [0.25, 0.3) is 5.91 Å². The Morgan fingerprint density at radius 1 is 1.20 bits per heavy atom. The fraction of sp³-hybridized carbons (Fsp3) is 0.0769. The summed E-state index contributed by atoms with van der Waals surface area (Å²) in [5.41, 5.74) is 0.150. The monoisotopic (exact) mass is 312 g/mol. The number of ether oxygens (including phenoxy) is 1. The Bertz CT molecular complexity index is 693. The summed E-state index contributed by atoms with van der Waals surface area (Å²) in [4.78, 5) is 26.2. The number of benzene rings is 1. The lowest BCUT2D eigenvalue weighted by Gasteiger charge is -2.07. The summed E-state index contributed by atoms with van der Waals surface area (Å²) < 4.78 is 4.82. The zero-order valence-corrected chi connectivity index (χ0v) is 11.9. The van der Waals surface area contributed by atoms with Crippen LogP contribution >= 0.6 is 23.2 Å². The van der Waals surface area contributed by atoms with Crippen LogP contribution in [-0.4, -0.2) is 18.0 Å². The number of aromatic nitrogens is 1. The minimum atomic E-state index is -0.483. The number of carbonyl (C=O) groups excluding carboxylic acids is 1. The average molecular weight is 313 g/mol. The molecule has 7 heteroatoms. The maximum Gasteiger partial charge on any atom is 0.272 e. The maximum absolute atomic E-state index is 12.0. The van der Waals surface area contributed by atoms with Gasteiger partial charge in [0.15, 0.2) is 5.75 Å². The number of aromatic amines is 1. The van der Waals surface area contributed by atoms with Gasteiger partial charge in [0.05, 0.1) is 7.11 Å². The van der Waals surface area contributed by atoms with Crippen LogP contribution in [0.5, 0.6) is 5.75 Å². The molecule has 0 aliphatic heterocycles. The van der Waals surface area contributed by atoms with E-state index in [2.05, 4.69) is 10.3 Å². The molecule has 1 aromatic heterocycles. The molecular formula is C13H10Cl2N2O3. The zero-order chi connectivity index (χ0) is 14.7. The minimum absolute atomic E-state index is 0.104. The zero-order valence-electron chi connectivity index (χ0n) is 10.4. The highest BCUT2D eigenvalue weighted by Gasteiger charge is 2.10. The van der Waals surface area contributed by atoms with Crippen LogP contribution in [0, 0.1) is 0 Å². The molecule has 0 aliphatic carbocycles. The van der Waals surface area contributed by atoms with Crippen molar-refractivity contribution in [3.05, 3.63) is 56.4 Å². The van der Waals surface area contributed by atoms with E-state index in [0.717, 1.165) is 6.07 Å². The summed E-state index contributed by atoms with van der Waals surface area (Å²) in [7, 11) is 1.37. The van der Waals surface area contributed by atoms with E-state index in [4.69, 9.17) is 27.9 Å². The van der Waals surface area contributed by atoms with Crippen molar-refractivity contribution in [2.45, 2.75) is 0 Å². The number of rotatable bonds is 3. The molecule has 0 saturated heterocycles. The number of anilines is 1. The highest BCUT2D eigenvalue weighted by molar-refractivity contribution is 6.35. The van der Waals surface area contributed by atoms with Crippen molar-refractivity contribution < 1.29 is 9.53 Å². The molecule has 1 amide bonds. The predicted octanol–water partition coefficient (Wildman–Crippen LogP) is 2.94.